The second kappa shape index (κ2) is 11.7. The summed E-state index contributed by atoms with van der Waals surface area (Å²) in [5.41, 5.74) is 6.81. The average molecular weight is 500 g/mol. The van der Waals surface area contributed by atoms with E-state index in [1.807, 2.05) is 0 Å². The molecule has 0 saturated heterocycles. The van der Waals surface area contributed by atoms with Crippen molar-refractivity contribution in [2.75, 3.05) is 33.2 Å². The van der Waals surface area contributed by atoms with E-state index in [1.54, 1.807) is 13.8 Å². The zero-order valence-electron chi connectivity index (χ0n) is 18.9. The molecule has 0 aliphatic heterocycles. The van der Waals surface area contributed by atoms with Crippen molar-refractivity contribution in [3.63, 3.8) is 0 Å². The molecule has 2 aliphatic carbocycles. The van der Waals surface area contributed by atoms with Crippen molar-refractivity contribution in [2.45, 2.75) is 20.3 Å². The summed E-state index contributed by atoms with van der Waals surface area (Å²) in [5, 5.41) is 0. The summed E-state index contributed by atoms with van der Waals surface area (Å²) in [7, 11) is -2.50. The number of anilines is 1. The van der Waals surface area contributed by atoms with Gasteiger partial charge in [-0.15, -0.1) is 4.83 Å². The van der Waals surface area contributed by atoms with Crippen LogP contribution in [0.5, 0.6) is 11.5 Å². The molecule has 0 heterocycles. The molecule has 14 heteroatoms. The number of hydrogen-bond acceptors (Lipinski definition) is 11. The molecule has 2 rings (SSSR count). The Hall–Kier alpha value is -3.38. The minimum absolute atomic E-state index is 0.0514. The summed E-state index contributed by atoms with van der Waals surface area (Å²) in [5.74, 6) is -1.12. The zero-order chi connectivity index (χ0) is 25.5. The maximum Gasteiger partial charge on any atom is 0.513 e. The molecule has 0 aromatic carbocycles. The number of hydrogen-bond donors (Lipinski definition) is 2. The SMILES string of the molecule is CCOC(=O)Oc1c2ccc(CC(=O)N(OC)P(=O)(O)OC)ccc-2c(OC(=O)OCC)c1N. The largest absolute Gasteiger partial charge is 0.513 e. The van der Waals surface area contributed by atoms with Crippen molar-refractivity contribution >= 4 is 31.7 Å². The first-order valence-electron chi connectivity index (χ1n) is 9.88. The Morgan fingerprint density at radius 2 is 1.41 bits per heavy atom. The van der Waals surface area contributed by atoms with Crippen molar-refractivity contribution in [2.24, 2.45) is 0 Å². The Morgan fingerprint density at radius 1 is 0.941 bits per heavy atom. The number of hydroxylamine groups is 1. The summed E-state index contributed by atoms with van der Waals surface area (Å²) in [6.45, 7) is 3.28. The third kappa shape index (κ3) is 6.14. The summed E-state index contributed by atoms with van der Waals surface area (Å²) in [6, 6.07) is 5.89. The number of amides is 1. The molecule has 0 bridgehead atoms. The van der Waals surface area contributed by atoms with Gasteiger partial charge in [0, 0.05) is 18.2 Å². The highest BCUT2D eigenvalue weighted by molar-refractivity contribution is 7.50. The van der Waals surface area contributed by atoms with E-state index in [0.717, 1.165) is 14.2 Å². The van der Waals surface area contributed by atoms with Crippen LogP contribution in [0.15, 0.2) is 24.3 Å². The maximum absolute atomic E-state index is 12.5. The predicted molar refractivity (Wildman–Crippen MR) is 117 cm³/mol. The monoisotopic (exact) mass is 500 g/mol. The highest BCUT2D eigenvalue weighted by Crippen LogP contribution is 2.50. The topological polar surface area (TPSA) is 173 Å². The van der Waals surface area contributed by atoms with Gasteiger partial charge in [-0.1, -0.05) is 24.3 Å². The lowest BCUT2D eigenvalue weighted by Gasteiger charge is -2.22. The first-order chi connectivity index (χ1) is 16.1. The van der Waals surface area contributed by atoms with E-state index < -0.39 is 26.0 Å². The van der Waals surface area contributed by atoms with Gasteiger partial charge in [-0.05, 0) is 19.4 Å². The van der Waals surface area contributed by atoms with Crippen LogP contribution in [0.25, 0.3) is 11.1 Å². The highest BCUT2D eigenvalue weighted by atomic mass is 31.2. The molecule has 2 aliphatic rings. The Morgan fingerprint density at radius 3 is 1.79 bits per heavy atom. The Labute approximate surface area is 195 Å². The van der Waals surface area contributed by atoms with Crippen LogP contribution in [0, 0.1) is 0 Å². The van der Waals surface area contributed by atoms with Gasteiger partial charge in [-0.2, -0.15) is 0 Å². The van der Waals surface area contributed by atoms with Gasteiger partial charge in [-0.3, -0.25) is 14.2 Å². The molecule has 3 N–H and O–H groups in total. The molecule has 0 spiro atoms. The van der Waals surface area contributed by atoms with Crippen LogP contribution in [0.1, 0.15) is 19.4 Å². The van der Waals surface area contributed by atoms with Crippen LogP contribution < -0.4 is 15.2 Å². The van der Waals surface area contributed by atoms with E-state index >= 15 is 0 Å². The number of carbonyl (C=O) groups is 3. The number of carbonyl (C=O) groups excluding carboxylic acids is 3. The summed E-state index contributed by atoms with van der Waals surface area (Å²) < 4.78 is 36.4. The lowest BCUT2D eigenvalue weighted by atomic mass is 10.2. The van der Waals surface area contributed by atoms with Gasteiger partial charge in [0.05, 0.1) is 26.7 Å². The minimum atomic E-state index is -4.49. The number of rotatable bonds is 9. The minimum Gasteiger partial charge on any atom is -0.434 e. The van der Waals surface area contributed by atoms with E-state index in [9.17, 15) is 23.8 Å². The molecular weight excluding hydrogens is 475 g/mol. The van der Waals surface area contributed by atoms with E-state index in [1.165, 1.54) is 24.3 Å². The number of nitrogens with two attached hydrogens (primary N) is 1. The van der Waals surface area contributed by atoms with Gasteiger partial charge in [0.1, 0.15) is 5.69 Å². The quantitative estimate of drug-likeness (QED) is 0.293. The highest BCUT2D eigenvalue weighted by Gasteiger charge is 2.34. The van der Waals surface area contributed by atoms with Crippen LogP contribution in [-0.2, 0) is 34.6 Å². The second-order valence-electron chi connectivity index (χ2n) is 6.41. The van der Waals surface area contributed by atoms with Crippen LogP contribution in [-0.4, -0.2) is 55.4 Å². The first kappa shape index (κ1) is 26.9. The Kier molecular flexibility index (Phi) is 9.21. The Bertz CT molecular complexity index is 1020. The molecule has 1 unspecified atom stereocenters. The third-order valence-electron chi connectivity index (χ3n) is 4.30. The second-order valence-corrected chi connectivity index (χ2v) is 8.12. The molecule has 34 heavy (non-hydrogen) atoms. The van der Waals surface area contributed by atoms with Gasteiger partial charge in [0.25, 0.3) is 5.91 Å². The van der Waals surface area contributed by atoms with Gasteiger partial charge < -0.3 is 29.6 Å². The van der Waals surface area contributed by atoms with Gasteiger partial charge >= 0.3 is 20.1 Å². The van der Waals surface area contributed by atoms with Crippen molar-refractivity contribution in [1.29, 1.82) is 0 Å². The van der Waals surface area contributed by atoms with Crippen molar-refractivity contribution in [3.8, 4) is 22.6 Å². The number of ether oxygens (including phenoxy) is 4. The third-order valence-corrected chi connectivity index (χ3v) is 5.62. The van der Waals surface area contributed by atoms with E-state index in [0.29, 0.717) is 5.56 Å². The van der Waals surface area contributed by atoms with Crippen LogP contribution in [0.3, 0.4) is 0 Å². The summed E-state index contributed by atoms with van der Waals surface area (Å²) in [4.78, 5) is 51.0. The standard InChI is InChI=1S/C20H25N2O11P/c1-5-30-19(24)32-17-13-9-7-12(11-15(23)22(28-3)34(26,27)29-4)8-10-14(13)18(16(17)21)33-20(25)31-6-2/h7-10H,5-6,11,21H2,1-4H3,(H,26,27). The smallest absolute Gasteiger partial charge is 0.434 e. The number of nitrogen functional groups attached to an aromatic ring is 1. The van der Waals surface area contributed by atoms with Crippen molar-refractivity contribution < 1.29 is 52.2 Å². The Balaban J connectivity index is 2.50. The molecule has 0 fully saturated rings. The van der Waals surface area contributed by atoms with Gasteiger partial charge in [-0.25, -0.2) is 14.2 Å². The van der Waals surface area contributed by atoms with Crippen LogP contribution in [0.4, 0.5) is 15.3 Å². The van der Waals surface area contributed by atoms with Gasteiger partial charge in [0.2, 0.25) is 0 Å². The first-order valence-corrected chi connectivity index (χ1v) is 11.4. The van der Waals surface area contributed by atoms with Crippen molar-refractivity contribution in [1.82, 2.24) is 4.83 Å². The molecule has 1 amide bonds. The normalized spacial score (nSPS) is 12.5. The fourth-order valence-electron chi connectivity index (χ4n) is 2.87. The fraction of sp³-hybridized carbons (Fsp3) is 0.350. The molecular formula is C20H25N2O11P. The van der Waals surface area contributed by atoms with Crippen LogP contribution >= 0.6 is 7.75 Å². The van der Waals surface area contributed by atoms with Crippen LogP contribution in [0.2, 0.25) is 0 Å². The lowest BCUT2D eigenvalue weighted by Crippen LogP contribution is -2.28. The zero-order valence-corrected chi connectivity index (χ0v) is 19.8. The average Bonchev–Trinajstić information content (AvgIpc) is 2.90. The molecule has 1 atom stereocenters. The lowest BCUT2D eigenvalue weighted by molar-refractivity contribution is -0.156. The van der Waals surface area contributed by atoms with Gasteiger partial charge in [0.15, 0.2) is 11.5 Å². The predicted octanol–water partition coefficient (Wildman–Crippen LogP) is 3.12. The molecule has 13 nitrogen and oxygen atoms in total. The van der Waals surface area contributed by atoms with E-state index in [4.69, 9.17) is 29.5 Å². The van der Waals surface area contributed by atoms with E-state index in [2.05, 4.69) is 4.52 Å². The number of fused-ring (bicyclic) bond motifs is 1. The molecule has 0 radical (unpaired) electrons. The maximum atomic E-state index is 12.5. The van der Waals surface area contributed by atoms with Crippen molar-refractivity contribution in [3.05, 3.63) is 29.8 Å². The molecule has 186 valence electrons. The molecule has 0 aromatic heterocycles. The fourth-order valence-corrected chi connectivity index (χ4v) is 3.57. The molecule has 0 aromatic rings. The van der Waals surface area contributed by atoms with E-state index in [-0.39, 0.29) is 52.8 Å². The summed E-state index contributed by atoms with van der Waals surface area (Å²) >= 11 is 0. The number of nitrogens with zero attached hydrogens (tertiary/aromatic N) is 1. The summed E-state index contributed by atoms with van der Waals surface area (Å²) in [6.07, 6.45) is -2.42. The molecule has 0 saturated carbocycles.